The van der Waals surface area contributed by atoms with Gasteiger partial charge in [0.1, 0.15) is 11.4 Å². The summed E-state index contributed by atoms with van der Waals surface area (Å²) >= 11 is 5.87. The number of carbonyl (C=O) groups is 1. The Labute approximate surface area is 172 Å². The molecule has 1 heterocycles. The number of rotatable bonds is 6. The number of hydrogen-bond donors (Lipinski definition) is 2. The van der Waals surface area contributed by atoms with Gasteiger partial charge in [0.2, 0.25) is 0 Å². The van der Waals surface area contributed by atoms with E-state index in [-0.39, 0.29) is 11.6 Å². The molecule has 0 spiro atoms. The molecule has 8 heteroatoms. The van der Waals surface area contributed by atoms with E-state index in [9.17, 15) is 9.59 Å². The highest BCUT2D eigenvalue weighted by Gasteiger charge is 2.17. The van der Waals surface area contributed by atoms with Crippen LogP contribution in [-0.2, 0) is 0 Å². The Balaban J connectivity index is 1.78. The molecule has 0 saturated heterocycles. The normalized spacial score (nSPS) is 11.6. The minimum atomic E-state index is -0.526. The molecule has 1 aromatic heterocycles. The Morgan fingerprint density at radius 1 is 1.10 bits per heavy atom. The first-order valence-corrected chi connectivity index (χ1v) is 9.18. The molecule has 3 aromatic rings. The lowest BCUT2D eigenvalue weighted by molar-refractivity contribution is 0.0938. The first-order chi connectivity index (χ1) is 13.9. The fraction of sp³-hybridized carbons (Fsp3) is 0.190. The fourth-order valence-electron chi connectivity index (χ4n) is 2.79. The third kappa shape index (κ3) is 4.57. The van der Waals surface area contributed by atoms with Gasteiger partial charge in [-0.25, -0.2) is 4.98 Å². The smallest absolute Gasteiger partial charge is 0.264 e. The van der Waals surface area contributed by atoms with Crippen LogP contribution in [0.15, 0.2) is 53.5 Å². The molecule has 2 N–H and O–H groups in total. The number of hydrogen-bond acceptors (Lipinski definition) is 5. The molecule has 0 bridgehead atoms. The Bertz CT molecular complexity index is 1080. The number of nitrogens with one attached hydrogen (secondary N) is 2. The van der Waals surface area contributed by atoms with E-state index >= 15 is 0 Å². The maximum Gasteiger partial charge on any atom is 0.264 e. The standard InChI is InChI=1S/C21H20ClN3O4/c1-12(14-6-9-17(28-2)18(10-14)29-3)24-20(26)16-11-23-19(25-21(16)27)13-4-7-15(22)8-5-13/h4-12H,1-3H3,(H,24,26)(H,23,25,27). The van der Waals surface area contributed by atoms with Crippen LogP contribution >= 0.6 is 11.6 Å². The molecule has 2 aromatic carbocycles. The molecule has 1 atom stereocenters. The highest BCUT2D eigenvalue weighted by Crippen LogP contribution is 2.29. The monoisotopic (exact) mass is 413 g/mol. The van der Waals surface area contributed by atoms with Crippen LogP contribution in [0.5, 0.6) is 11.5 Å². The van der Waals surface area contributed by atoms with E-state index in [4.69, 9.17) is 21.1 Å². The predicted molar refractivity (Wildman–Crippen MR) is 111 cm³/mol. The molecule has 150 valence electrons. The Morgan fingerprint density at radius 2 is 1.79 bits per heavy atom. The summed E-state index contributed by atoms with van der Waals surface area (Å²) in [5, 5.41) is 3.38. The predicted octanol–water partition coefficient (Wildman–Crippen LogP) is 3.60. The quantitative estimate of drug-likeness (QED) is 0.644. The van der Waals surface area contributed by atoms with Crippen molar-refractivity contribution in [2.24, 2.45) is 0 Å². The maximum atomic E-state index is 12.6. The van der Waals surface area contributed by atoms with Crippen LogP contribution in [0.4, 0.5) is 0 Å². The summed E-state index contributed by atoms with van der Waals surface area (Å²) in [5.41, 5.74) is 0.896. The SMILES string of the molecule is COc1ccc(C(C)NC(=O)c2cnc(-c3ccc(Cl)cc3)[nH]c2=O)cc1OC. The number of amides is 1. The minimum Gasteiger partial charge on any atom is -0.493 e. The topological polar surface area (TPSA) is 93.3 Å². The minimum absolute atomic E-state index is 0.0740. The van der Waals surface area contributed by atoms with Crippen LogP contribution in [0.2, 0.25) is 5.02 Å². The van der Waals surface area contributed by atoms with Gasteiger partial charge in [0, 0.05) is 16.8 Å². The van der Waals surface area contributed by atoms with Gasteiger partial charge < -0.3 is 19.8 Å². The number of nitrogens with zero attached hydrogens (tertiary/aromatic N) is 1. The third-order valence-electron chi connectivity index (χ3n) is 4.42. The van der Waals surface area contributed by atoms with Gasteiger partial charge in [0.15, 0.2) is 11.5 Å². The zero-order chi connectivity index (χ0) is 21.0. The van der Waals surface area contributed by atoms with E-state index in [0.29, 0.717) is 27.9 Å². The second-order valence-electron chi connectivity index (χ2n) is 6.29. The number of H-pyrrole nitrogens is 1. The van der Waals surface area contributed by atoms with Gasteiger partial charge in [-0.05, 0) is 48.9 Å². The average molecular weight is 414 g/mol. The highest BCUT2D eigenvalue weighted by molar-refractivity contribution is 6.30. The van der Waals surface area contributed by atoms with Crippen LogP contribution in [-0.4, -0.2) is 30.1 Å². The first kappa shape index (κ1) is 20.4. The summed E-state index contributed by atoms with van der Waals surface area (Å²) in [6.07, 6.45) is 1.26. The average Bonchev–Trinajstić information content (AvgIpc) is 2.73. The summed E-state index contributed by atoms with van der Waals surface area (Å²) in [6.45, 7) is 1.81. The van der Waals surface area contributed by atoms with Crippen molar-refractivity contribution in [3.05, 3.63) is 75.2 Å². The second kappa shape index (κ2) is 8.79. The van der Waals surface area contributed by atoms with Gasteiger partial charge in [-0.3, -0.25) is 9.59 Å². The number of aromatic amines is 1. The van der Waals surface area contributed by atoms with Crippen molar-refractivity contribution >= 4 is 17.5 Å². The Hall–Kier alpha value is -3.32. The second-order valence-corrected chi connectivity index (χ2v) is 6.73. The van der Waals surface area contributed by atoms with E-state index in [1.807, 2.05) is 13.0 Å². The molecular weight excluding hydrogens is 394 g/mol. The van der Waals surface area contributed by atoms with E-state index < -0.39 is 11.5 Å². The number of halogens is 1. The van der Waals surface area contributed by atoms with Crippen molar-refractivity contribution in [2.75, 3.05) is 14.2 Å². The number of ether oxygens (including phenoxy) is 2. The highest BCUT2D eigenvalue weighted by atomic mass is 35.5. The molecule has 1 amide bonds. The van der Waals surface area contributed by atoms with E-state index in [1.54, 1.807) is 50.6 Å². The van der Waals surface area contributed by atoms with Crippen LogP contribution < -0.4 is 20.3 Å². The van der Waals surface area contributed by atoms with E-state index in [2.05, 4.69) is 15.3 Å². The maximum absolute atomic E-state index is 12.6. The molecule has 0 radical (unpaired) electrons. The number of benzene rings is 2. The molecule has 0 saturated carbocycles. The van der Waals surface area contributed by atoms with Crippen LogP contribution in [0.1, 0.15) is 28.9 Å². The van der Waals surface area contributed by atoms with E-state index in [1.165, 1.54) is 6.20 Å². The molecular formula is C21H20ClN3O4. The molecule has 0 fully saturated rings. The van der Waals surface area contributed by atoms with Crippen LogP contribution in [0.25, 0.3) is 11.4 Å². The Morgan fingerprint density at radius 3 is 2.41 bits per heavy atom. The van der Waals surface area contributed by atoms with Crippen molar-refractivity contribution < 1.29 is 14.3 Å². The lowest BCUT2D eigenvalue weighted by Crippen LogP contribution is -2.32. The fourth-order valence-corrected chi connectivity index (χ4v) is 2.92. The van der Waals surface area contributed by atoms with Crippen molar-refractivity contribution in [1.82, 2.24) is 15.3 Å². The van der Waals surface area contributed by atoms with Crippen LogP contribution in [0.3, 0.4) is 0 Å². The van der Waals surface area contributed by atoms with Gasteiger partial charge in [0.25, 0.3) is 11.5 Å². The van der Waals surface area contributed by atoms with Crippen molar-refractivity contribution in [1.29, 1.82) is 0 Å². The molecule has 3 rings (SSSR count). The summed E-state index contributed by atoms with van der Waals surface area (Å²) in [4.78, 5) is 31.8. The number of carbonyl (C=O) groups excluding carboxylic acids is 1. The van der Waals surface area contributed by atoms with Gasteiger partial charge in [-0.15, -0.1) is 0 Å². The number of aromatic nitrogens is 2. The molecule has 0 aliphatic rings. The summed E-state index contributed by atoms with van der Waals surface area (Å²) < 4.78 is 10.5. The zero-order valence-electron chi connectivity index (χ0n) is 16.2. The molecule has 0 aliphatic heterocycles. The van der Waals surface area contributed by atoms with Crippen molar-refractivity contribution in [2.45, 2.75) is 13.0 Å². The van der Waals surface area contributed by atoms with E-state index in [0.717, 1.165) is 5.56 Å². The lowest BCUT2D eigenvalue weighted by Gasteiger charge is -2.16. The summed E-state index contributed by atoms with van der Waals surface area (Å²) in [5.74, 6) is 0.978. The van der Waals surface area contributed by atoms with Gasteiger partial charge in [0.05, 0.1) is 20.3 Å². The molecule has 29 heavy (non-hydrogen) atoms. The Kier molecular flexibility index (Phi) is 6.19. The largest absolute Gasteiger partial charge is 0.493 e. The molecule has 7 nitrogen and oxygen atoms in total. The summed E-state index contributed by atoms with van der Waals surface area (Å²) in [7, 11) is 3.09. The number of methoxy groups -OCH3 is 2. The van der Waals surface area contributed by atoms with Crippen LogP contribution in [0, 0.1) is 0 Å². The van der Waals surface area contributed by atoms with Crippen molar-refractivity contribution in [3.63, 3.8) is 0 Å². The third-order valence-corrected chi connectivity index (χ3v) is 4.67. The lowest BCUT2D eigenvalue weighted by atomic mass is 10.1. The molecule has 0 aliphatic carbocycles. The molecule has 1 unspecified atom stereocenters. The van der Waals surface area contributed by atoms with Gasteiger partial charge in [-0.2, -0.15) is 0 Å². The van der Waals surface area contributed by atoms with Gasteiger partial charge >= 0.3 is 0 Å². The van der Waals surface area contributed by atoms with Gasteiger partial charge in [-0.1, -0.05) is 17.7 Å². The zero-order valence-corrected chi connectivity index (χ0v) is 16.9. The summed E-state index contributed by atoms with van der Waals surface area (Å²) in [6, 6.07) is 11.8. The van der Waals surface area contributed by atoms with Crippen molar-refractivity contribution in [3.8, 4) is 22.9 Å². The first-order valence-electron chi connectivity index (χ1n) is 8.81.